The van der Waals surface area contributed by atoms with Gasteiger partial charge in [0.25, 0.3) is 0 Å². The van der Waals surface area contributed by atoms with Crippen molar-refractivity contribution >= 4 is 0 Å². The maximum absolute atomic E-state index is 6.73. The molecule has 0 aliphatic carbocycles. The van der Waals surface area contributed by atoms with Crippen molar-refractivity contribution in [2.45, 2.75) is 58.7 Å². The summed E-state index contributed by atoms with van der Waals surface area (Å²) in [5.74, 6) is 2.82. The summed E-state index contributed by atoms with van der Waals surface area (Å²) in [7, 11) is 0. The molecule has 0 spiro atoms. The van der Waals surface area contributed by atoms with Crippen molar-refractivity contribution in [1.29, 1.82) is 0 Å². The minimum Gasteiger partial charge on any atom is -0.489 e. The van der Waals surface area contributed by atoms with Crippen molar-refractivity contribution in [2.24, 2.45) is 0 Å². The lowest BCUT2D eigenvalue weighted by molar-refractivity contribution is 0.0165. The van der Waals surface area contributed by atoms with Crippen molar-refractivity contribution in [3.05, 3.63) is 160 Å². The van der Waals surface area contributed by atoms with Gasteiger partial charge in [0.1, 0.15) is 36.1 Å². The van der Waals surface area contributed by atoms with Gasteiger partial charge in [-0.3, -0.25) is 0 Å². The van der Waals surface area contributed by atoms with E-state index < -0.39 is 5.60 Å². The second-order valence-corrected chi connectivity index (χ2v) is 11.9. The molecule has 0 aromatic heterocycles. The molecule has 1 atom stereocenters. The monoisotopic (exact) mass is 567 g/mol. The lowest BCUT2D eigenvalue weighted by atomic mass is 9.85. The fraction of sp³-hybridized carbons (Fsp3) is 0.250. The van der Waals surface area contributed by atoms with Gasteiger partial charge in [-0.2, -0.15) is 0 Å². The Balaban J connectivity index is 1.16. The van der Waals surface area contributed by atoms with Crippen LogP contribution in [0.4, 0.5) is 0 Å². The summed E-state index contributed by atoms with van der Waals surface area (Å²) in [5.41, 5.74) is 9.11. The van der Waals surface area contributed by atoms with Gasteiger partial charge in [-0.1, -0.05) is 97.1 Å². The third-order valence-electron chi connectivity index (χ3n) is 8.73. The number of hydrogen-bond acceptors (Lipinski definition) is 3. The molecule has 0 fully saturated rings. The first-order valence-corrected chi connectivity index (χ1v) is 15.1. The van der Waals surface area contributed by atoms with Crippen LogP contribution in [0, 0.1) is 26.8 Å². The van der Waals surface area contributed by atoms with Crippen molar-refractivity contribution in [1.82, 2.24) is 0 Å². The molecule has 1 aliphatic heterocycles. The molecule has 6 rings (SSSR count). The molecule has 1 unspecified atom stereocenters. The van der Waals surface area contributed by atoms with Gasteiger partial charge in [-0.25, -0.2) is 0 Å². The third kappa shape index (κ3) is 6.17. The summed E-state index contributed by atoms with van der Waals surface area (Å²) >= 11 is 0. The van der Waals surface area contributed by atoms with E-state index in [0.717, 1.165) is 46.8 Å². The molecule has 217 valence electrons. The van der Waals surface area contributed by atoms with Crippen LogP contribution in [0.3, 0.4) is 0 Å². The Labute approximate surface area is 256 Å². The summed E-state index contributed by atoms with van der Waals surface area (Å²) in [4.78, 5) is 0. The second kappa shape index (κ2) is 12.4. The molecule has 1 heterocycles. The highest BCUT2D eigenvalue weighted by Gasteiger charge is 2.35. The Bertz CT molecular complexity index is 1620. The largest absolute Gasteiger partial charge is 0.489 e. The molecular weight excluding hydrogens is 528 g/mol. The number of fused-ring (bicyclic) bond motifs is 1. The molecular formula is C40H39O3. The topological polar surface area (TPSA) is 27.7 Å². The molecule has 43 heavy (non-hydrogen) atoms. The van der Waals surface area contributed by atoms with Crippen LogP contribution in [0.2, 0.25) is 0 Å². The van der Waals surface area contributed by atoms with E-state index in [1.54, 1.807) is 0 Å². The first-order chi connectivity index (χ1) is 20.9. The molecule has 0 amide bonds. The summed E-state index contributed by atoms with van der Waals surface area (Å²) in [6.07, 6.45) is 1.78. The lowest BCUT2D eigenvalue weighted by Crippen LogP contribution is -2.42. The average Bonchev–Trinajstić information content (AvgIpc) is 3.05. The quantitative estimate of drug-likeness (QED) is 0.166. The van der Waals surface area contributed by atoms with Crippen molar-refractivity contribution in [3.8, 4) is 17.2 Å². The zero-order valence-electron chi connectivity index (χ0n) is 25.5. The molecule has 1 aliphatic rings. The van der Waals surface area contributed by atoms with Crippen LogP contribution in [0.5, 0.6) is 17.2 Å². The predicted molar refractivity (Wildman–Crippen MR) is 173 cm³/mol. The maximum atomic E-state index is 6.73. The maximum Gasteiger partial charge on any atom is 0.140 e. The third-order valence-corrected chi connectivity index (χ3v) is 8.73. The number of ether oxygens (including phenoxy) is 3. The molecule has 0 saturated carbocycles. The van der Waals surface area contributed by atoms with Crippen LogP contribution in [0.15, 0.2) is 109 Å². The molecule has 1 radical (unpaired) electrons. The van der Waals surface area contributed by atoms with Crippen LogP contribution in [0.1, 0.15) is 63.8 Å². The molecule has 5 aromatic rings. The molecule has 0 bridgehead atoms. The van der Waals surface area contributed by atoms with Crippen LogP contribution < -0.4 is 14.2 Å². The van der Waals surface area contributed by atoms with Gasteiger partial charge < -0.3 is 14.2 Å². The van der Waals surface area contributed by atoms with Crippen molar-refractivity contribution in [3.63, 3.8) is 0 Å². The van der Waals surface area contributed by atoms with Crippen LogP contribution >= 0.6 is 0 Å². The van der Waals surface area contributed by atoms with E-state index >= 15 is 0 Å². The van der Waals surface area contributed by atoms with Gasteiger partial charge in [-0.05, 0) is 91.6 Å². The van der Waals surface area contributed by atoms with Gasteiger partial charge in [0.2, 0.25) is 0 Å². The van der Waals surface area contributed by atoms with Gasteiger partial charge >= 0.3 is 0 Å². The fourth-order valence-corrected chi connectivity index (χ4v) is 6.12. The van der Waals surface area contributed by atoms with Crippen molar-refractivity contribution < 1.29 is 14.2 Å². The van der Waals surface area contributed by atoms with Gasteiger partial charge in [0.15, 0.2) is 0 Å². The number of hydrogen-bond donors (Lipinski definition) is 0. The molecule has 0 N–H and O–H groups in total. The molecule has 3 heteroatoms. The SMILES string of the molecule is Cc1c(C)c2c(c(C)c1OCc1ccccc1)CCC(C)(COc1[c]cc(C(c3ccccc3)c3ccccc3)cc1)O2. The van der Waals surface area contributed by atoms with E-state index in [1.165, 1.54) is 27.8 Å². The summed E-state index contributed by atoms with van der Waals surface area (Å²) in [5, 5.41) is 0. The molecule has 5 aromatic carbocycles. The highest BCUT2D eigenvalue weighted by Crippen LogP contribution is 2.44. The van der Waals surface area contributed by atoms with Gasteiger partial charge in [0, 0.05) is 17.5 Å². The molecule has 0 saturated heterocycles. The lowest BCUT2D eigenvalue weighted by Gasteiger charge is -2.38. The summed E-state index contributed by atoms with van der Waals surface area (Å²) < 4.78 is 19.4. The highest BCUT2D eigenvalue weighted by molar-refractivity contribution is 5.59. The zero-order valence-corrected chi connectivity index (χ0v) is 25.5. The van der Waals surface area contributed by atoms with Crippen molar-refractivity contribution in [2.75, 3.05) is 6.61 Å². The number of rotatable bonds is 9. The normalized spacial score (nSPS) is 15.9. The van der Waals surface area contributed by atoms with Gasteiger partial charge in [-0.15, -0.1) is 0 Å². The Morgan fingerprint density at radius 1 is 0.721 bits per heavy atom. The standard InChI is InChI=1S/C40H39O3/c1-28-29(2)39-36(30(3)38(28)41-26-31-14-8-5-9-15-31)24-25-40(4,43-39)27-42-35-22-20-34(21-23-35)37(32-16-10-6-11-17-32)33-18-12-7-13-19-33/h5-22,37H,24-27H2,1-4H3. The second-order valence-electron chi connectivity index (χ2n) is 11.9. The van der Waals surface area contributed by atoms with E-state index in [1.807, 2.05) is 24.3 Å². The minimum absolute atomic E-state index is 0.138. The van der Waals surface area contributed by atoms with Crippen LogP contribution in [-0.4, -0.2) is 12.2 Å². The van der Waals surface area contributed by atoms with Crippen LogP contribution in [0.25, 0.3) is 0 Å². The minimum atomic E-state index is -0.438. The van der Waals surface area contributed by atoms with E-state index in [9.17, 15) is 0 Å². The Hall–Kier alpha value is -4.50. The molecule has 3 nitrogen and oxygen atoms in total. The van der Waals surface area contributed by atoms with E-state index in [2.05, 4.69) is 119 Å². The van der Waals surface area contributed by atoms with Gasteiger partial charge in [0.05, 0.1) is 0 Å². The summed E-state index contributed by atoms with van der Waals surface area (Å²) in [6.45, 7) is 9.58. The number of benzene rings is 5. The zero-order chi connectivity index (χ0) is 29.8. The van der Waals surface area contributed by atoms with E-state index in [0.29, 0.717) is 13.2 Å². The Morgan fingerprint density at radius 3 is 1.95 bits per heavy atom. The predicted octanol–water partition coefficient (Wildman–Crippen LogP) is 9.33. The summed E-state index contributed by atoms with van der Waals surface area (Å²) in [6, 6.07) is 41.2. The first-order valence-electron chi connectivity index (χ1n) is 15.1. The van der Waals surface area contributed by atoms with Crippen LogP contribution in [-0.2, 0) is 13.0 Å². The Kier molecular flexibility index (Phi) is 8.24. The highest BCUT2D eigenvalue weighted by atomic mass is 16.5. The van der Waals surface area contributed by atoms with E-state index in [4.69, 9.17) is 14.2 Å². The fourth-order valence-electron chi connectivity index (χ4n) is 6.12. The first kappa shape index (κ1) is 28.6. The Morgan fingerprint density at radius 2 is 1.35 bits per heavy atom. The smallest absolute Gasteiger partial charge is 0.140 e. The van der Waals surface area contributed by atoms with E-state index in [-0.39, 0.29) is 5.92 Å². The average molecular weight is 568 g/mol.